The van der Waals surface area contributed by atoms with Crippen LogP contribution in [0.1, 0.15) is 20.8 Å². The second-order valence-corrected chi connectivity index (χ2v) is 2.86. The van der Waals surface area contributed by atoms with Gasteiger partial charge in [-0.3, -0.25) is 0 Å². The fourth-order valence-electron chi connectivity index (χ4n) is 0.573. The third kappa shape index (κ3) is 5.66. The molecule has 0 aliphatic rings. The molecule has 1 unspecified atom stereocenters. The highest BCUT2D eigenvalue weighted by Gasteiger charge is 2.05. The number of carbonyl (C=O) groups is 1. The van der Waals surface area contributed by atoms with E-state index in [4.69, 9.17) is 5.11 Å². The van der Waals surface area contributed by atoms with E-state index in [1.54, 1.807) is 6.92 Å². The van der Waals surface area contributed by atoms with E-state index in [1.807, 2.05) is 13.8 Å². The zero-order valence-electron chi connectivity index (χ0n) is 7.22. The fourth-order valence-corrected chi connectivity index (χ4v) is 0.573. The molecular formula is C7H16N2O2. The Morgan fingerprint density at radius 3 is 2.27 bits per heavy atom. The molecule has 0 aromatic rings. The van der Waals surface area contributed by atoms with Gasteiger partial charge in [-0.25, -0.2) is 4.79 Å². The molecule has 0 aliphatic carbocycles. The Bertz CT molecular complexity index is 126. The number of aliphatic hydroxyl groups excluding tert-OH is 1. The second kappa shape index (κ2) is 4.96. The van der Waals surface area contributed by atoms with E-state index in [9.17, 15) is 4.79 Å². The van der Waals surface area contributed by atoms with E-state index in [1.165, 1.54) is 0 Å². The van der Waals surface area contributed by atoms with Crippen LogP contribution in [0.15, 0.2) is 0 Å². The fraction of sp³-hybridized carbons (Fsp3) is 0.857. The maximum atomic E-state index is 10.9. The normalized spacial score (nSPS) is 12.8. The van der Waals surface area contributed by atoms with Crippen molar-refractivity contribution >= 4 is 6.03 Å². The SMILES string of the molecule is CC(C)NC(=O)NC(C)CO. The molecule has 0 heterocycles. The molecule has 0 spiro atoms. The van der Waals surface area contributed by atoms with Crippen molar-refractivity contribution in [2.24, 2.45) is 0 Å². The van der Waals surface area contributed by atoms with Crippen LogP contribution in [0.4, 0.5) is 4.79 Å². The molecule has 4 heteroatoms. The average molecular weight is 160 g/mol. The maximum Gasteiger partial charge on any atom is 0.315 e. The van der Waals surface area contributed by atoms with Crippen molar-refractivity contribution in [1.82, 2.24) is 10.6 Å². The molecule has 0 radical (unpaired) electrons. The molecule has 0 rings (SSSR count). The molecule has 66 valence electrons. The lowest BCUT2D eigenvalue weighted by Crippen LogP contribution is -2.44. The number of nitrogens with one attached hydrogen (secondary N) is 2. The molecule has 0 aromatic heterocycles. The zero-order chi connectivity index (χ0) is 8.85. The van der Waals surface area contributed by atoms with Crippen LogP contribution in [0.25, 0.3) is 0 Å². The number of urea groups is 1. The number of amides is 2. The number of carbonyl (C=O) groups excluding carboxylic acids is 1. The minimum atomic E-state index is -0.235. The highest BCUT2D eigenvalue weighted by molar-refractivity contribution is 5.74. The van der Waals surface area contributed by atoms with Crippen molar-refractivity contribution < 1.29 is 9.90 Å². The lowest BCUT2D eigenvalue weighted by atomic mass is 10.3. The van der Waals surface area contributed by atoms with Gasteiger partial charge < -0.3 is 15.7 Å². The Labute approximate surface area is 67.0 Å². The number of rotatable bonds is 3. The summed E-state index contributed by atoms with van der Waals surface area (Å²) in [7, 11) is 0. The first-order chi connectivity index (χ1) is 5.06. The lowest BCUT2D eigenvalue weighted by molar-refractivity contribution is 0.219. The zero-order valence-corrected chi connectivity index (χ0v) is 7.22. The van der Waals surface area contributed by atoms with Gasteiger partial charge in [0.1, 0.15) is 0 Å². The summed E-state index contributed by atoms with van der Waals surface area (Å²) in [6, 6.07) is -0.295. The molecule has 0 saturated carbocycles. The summed E-state index contributed by atoms with van der Waals surface area (Å²) in [6.07, 6.45) is 0. The van der Waals surface area contributed by atoms with Crippen molar-refractivity contribution in [3.05, 3.63) is 0 Å². The largest absolute Gasteiger partial charge is 0.394 e. The molecular weight excluding hydrogens is 144 g/mol. The van der Waals surface area contributed by atoms with Crippen molar-refractivity contribution in [2.75, 3.05) is 6.61 Å². The lowest BCUT2D eigenvalue weighted by Gasteiger charge is -2.13. The van der Waals surface area contributed by atoms with E-state index in [-0.39, 0.29) is 24.7 Å². The van der Waals surface area contributed by atoms with Crippen LogP contribution < -0.4 is 10.6 Å². The molecule has 0 fully saturated rings. The molecule has 2 amide bonds. The minimum absolute atomic E-state index is 0.0362. The van der Waals surface area contributed by atoms with Crippen molar-refractivity contribution in [2.45, 2.75) is 32.9 Å². The minimum Gasteiger partial charge on any atom is -0.394 e. The molecule has 11 heavy (non-hydrogen) atoms. The first kappa shape index (κ1) is 10.2. The van der Waals surface area contributed by atoms with Gasteiger partial charge in [0.05, 0.1) is 12.6 Å². The number of aliphatic hydroxyl groups is 1. The van der Waals surface area contributed by atoms with E-state index >= 15 is 0 Å². The Kier molecular flexibility index (Phi) is 4.61. The van der Waals surface area contributed by atoms with Crippen LogP contribution >= 0.6 is 0 Å². The second-order valence-electron chi connectivity index (χ2n) is 2.86. The molecule has 0 bridgehead atoms. The molecule has 0 saturated heterocycles. The van der Waals surface area contributed by atoms with Gasteiger partial charge in [-0.15, -0.1) is 0 Å². The van der Waals surface area contributed by atoms with Gasteiger partial charge in [-0.05, 0) is 20.8 Å². The molecule has 0 aromatic carbocycles. The summed E-state index contributed by atoms with van der Waals surface area (Å²) < 4.78 is 0. The molecule has 0 aliphatic heterocycles. The van der Waals surface area contributed by atoms with Crippen molar-refractivity contribution in [3.8, 4) is 0 Å². The molecule has 3 N–H and O–H groups in total. The monoisotopic (exact) mass is 160 g/mol. The van der Waals surface area contributed by atoms with Crippen LogP contribution in [-0.4, -0.2) is 29.8 Å². The van der Waals surface area contributed by atoms with Gasteiger partial charge in [0, 0.05) is 6.04 Å². The number of hydrogen-bond donors (Lipinski definition) is 3. The Morgan fingerprint density at radius 2 is 1.91 bits per heavy atom. The maximum absolute atomic E-state index is 10.9. The Morgan fingerprint density at radius 1 is 1.36 bits per heavy atom. The van der Waals surface area contributed by atoms with Crippen LogP contribution in [0.2, 0.25) is 0 Å². The summed E-state index contributed by atoms with van der Waals surface area (Å²) >= 11 is 0. The number of hydrogen-bond acceptors (Lipinski definition) is 2. The molecule has 1 atom stereocenters. The van der Waals surface area contributed by atoms with Gasteiger partial charge in [0.25, 0.3) is 0 Å². The Hall–Kier alpha value is -0.770. The van der Waals surface area contributed by atoms with Gasteiger partial charge in [0.2, 0.25) is 0 Å². The smallest absolute Gasteiger partial charge is 0.315 e. The predicted octanol–water partition coefficient (Wildman–Crippen LogP) is 0.0748. The van der Waals surface area contributed by atoms with Crippen LogP contribution in [-0.2, 0) is 0 Å². The van der Waals surface area contributed by atoms with Crippen LogP contribution in [0.3, 0.4) is 0 Å². The summed E-state index contributed by atoms with van der Waals surface area (Å²) in [5.74, 6) is 0. The molecule has 4 nitrogen and oxygen atoms in total. The summed E-state index contributed by atoms with van der Waals surface area (Å²) in [6.45, 7) is 5.46. The standard InChI is InChI=1S/C7H16N2O2/c1-5(2)8-7(11)9-6(3)4-10/h5-6,10H,4H2,1-3H3,(H2,8,9,11). The first-order valence-corrected chi connectivity index (χ1v) is 3.74. The van der Waals surface area contributed by atoms with E-state index in [2.05, 4.69) is 10.6 Å². The van der Waals surface area contributed by atoms with Crippen LogP contribution in [0, 0.1) is 0 Å². The summed E-state index contributed by atoms with van der Waals surface area (Å²) in [5, 5.41) is 13.8. The van der Waals surface area contributed by atoms with Gasteiger partial charge >= 0.3 is 6.03 Å². The van der Waals surface area contributed by atoms with Crippen molar-refractivity contribution in [3.63, 3.8) is 0 Å². The topological polar surface area (TPSA) is 61.4 Å². The quantitative estimate of drug-likeness (QED) is 0.547. The third-order valence-corrected chi connectivity index (χ3v) is 1.07. The highest BCUT2D eigenvalue weighted by atomic mass is 16.3. The van der Waals surface area contributed by atoms with E-state index in [0.29, 0.717) is 0 Å². The highest BCUT2D eigenvalue weighted by Crippen LogP contribution is 1.80. The van der Waals surface area contributed by atoms with Gasteiger partial charge in [0.15, 0.2) is 0 Å². The van der Waals surface area contributed by atoms with E-state index < -0.39 is 0 Å². The third-order valence-electron chi connectivity index (χ3n) is 1.07. The Balaban J connectivity index is 3.52. The first-order valence-electron chi connectivity index (χ1n) is 3.74. The van der Waals surface area contributed by atoms with Gasteiger partial charge in [-0.2, -0.15) is 0 Å². The van der Waals surface area contributed by atoms with E-state index in [0.717, 1.165) is 0 Å². The average Bonchev–Trinajstić information content (AvgIpc) is 1.85. The van der Waals surface area contributed by atoms with Crippen molar-refractivity contribution in [1.29, 1.82) is 0 Å². The predicted molar refractivity (Wildman–Crippen MR) is 43.4 cm³/mol. The van der Waals surface area contributed by atoms with Gasteiger partial charge in [-0.1, -0.05) is 0 Å². The summed E-state index contributed by atoms with van der Waals surface area (Å²) in [4.78, 5) is 10.9. The summed E-state index contributed by atoms with van der Waals surface area (Å²) in [5.41, 5.74) is 0. The van der Waals surface area contributed by atoms with Crippen LogP contribution in [0.5, 0.6) is 0 Å².